The van der Waals surface area contributed by atoms with E-state index in [4.69, 9.17) is 0 Å². The molecule has 3 aromatic rings. The van der Waals surface area contributed by atoms with Crippen molar-refractivity contribution in [2.45, 2.75) is 6.92 Å². The van der Waals surface area contributed by atoms with Crippen LogP contribution in [0.3, 0.4) is 0 Å². The highest BCUT2D eigenvalue weighted by molar-refractivity contribution is 5.64. The Labute approximate surface area is 109 Å². The molecule has 0 saturated carbocycles. The summed E-state index contributed by atoms with van der Waals surface area (Å²) in [5.74, 6) is 0.570. The van der Waals surface area contributed by atoms with Crippen molar-refractivity contribution >= 4 is 0 Å². The molecule has 0 spiro atoms. The van der Waals surface area contributed by atoms with Gasteiger partial charge in [0.05, 0.1) is 5.56 Å². The largest absolute Gasteiger partial charge is 0.296 e. The average Bonchev–Trinajstić information content (AvgIpc) is 2.82. The van der Waals surface area contributed by atoms with E-state index in [1.54, 1.807) is 24.7 Å². The SMILES string of the molecule is Cc1ncccc1-c1c[nH]n(-c2ccccn2)c1=O. The average molecular weight is 252 g/mol. The molecule has 94 valence electrons. The Balaban J connectivity index is 2.15. The third-order valence-corrected chi connectivity index (χ3v) is 2.95. The molecule has 5 nitrogen and oxygen atoms in total. The number of hydrogen-bond donors (Lipinski definition) is 1. The predicted molar refractivity (Wildman–Crippen MR) is 72.2 cm³/mol. The van der Waals surface area contributed by atoms with E-state index in [1.165, 1.54) is 4.68 Å². The fourth-order valence-electron chi connectivity index (χ4n) is 1.99. The van der Waals surface area contributed by atoms with Gasteiger partial charge >= 0.3 is 0 Å². The van der Waals surface area contributed by atoms with Crippen molar-refractivity contribution in [2.24, 2.45) is 0 Å². The van der Waals surface area contributed by atoms with Crippen LogP contribution in [0.5, 0.6) is 0 Å². The van der Waals surface area contributed by atoms with Gasteiger partial charge in [-0.2, -0.15) is 0 Å². The molecular weight excluding hydrogens is 240 g/mol. The maximum absolute atomic E-state index is 12.4. The van der Waals surface area contributed by atoms with Gasteiger partial charge in [0.2, 0.25) is 0 Å². The summed E-state index contributed by atoms with van der Waals surface area (Å²) in [6, 6.07) is 9.13. The number of nitrogens with zero attached hydrogens (tertiary/aromatic N) is 3. The van der Waals surface area contributed by atoms with Crippen LogP contribution in [0.4, 0.5) is 0 Å². The Morgan fingerprint density at radius 3 is 2.63 bits per heavy atom. The van der Waals surface area contributed by atoms with Crippen LogP contribution >= 0.6 is 0 Å². The standard InChI is InChI=1S/C14H12N4O/c1-10-11(5-4-8-15-10)12-9-17-18(14(12)19)13-6-2-3-7-16-13/h2-9,17H,1H3. The molecule has 3 aromatic heterocycles. The zero-order valence-electron chi connectivity index (χ0n) is 10.4. The molecule has 19 heavy (non-hydrogen) atoms. The zero-order valence-corrected chi connectivity index (χ0v) is 10.4. The summed E-state index contributed by atoms with van der Waals surface area (Å²) < 4.78 is 1.42. The Hall–Kier alpha value is -2.69. The number of hydrogen-bond acceptors (Lipinski definition) is 3. The molecule has 0 aliphatic carbocycles. The first-order valence-corrected chi connectivity index (χ1v) is 5.91. The van der Waals surface area contributed by atoms with Crippen LogP contribution in [-0.2, 0) is 0 Å². The van der Waals surface area contributed by atoms with Gasteiger partial charge in [0.1, 0.15) is 0 Å². The molecule has 0 radical (unpaired) electrons. The van der Waals surface area contributed by atoms with Crippen LogP contribution in [0.2, 0.25) is 0 Å². The van der Waals surface area contributed by atoms with Crippen molar-refractivity contribution < 1.29 is 0 Å². The van der Waals surface area contributed by atoms with Gasteiger partial charge in [0, 0.05) is 29.8 Å². The van der Waals surface area contributed by atoms with E-state index in [-0.39, 0.29) is 5.56 Å². The minimum absolute atomic E-state index is 0.130. The maximum Gasteiger partial charge on any atom is 0.280 e. The minimum atomic E-state index is -0.130. The van der Waals surface area contributed by atoms with E-state index < -0.39 is 0 Å². The summed E-state index contributed by atoms with van der Waals surface area (Å²) in [5, 5.41) is 2.93. The van der Waals surface area contributed by atoms with Gasteiger partial charge in [0.15, 0.2) is 5.82 Å². The molecule has 0 bridgehead atoms. The van der Waals surface area contributed by atoms with Gasteiger partial charge in [0.25, 0.3) is 5.56 Å². The first-order chi connectivity index (χ1) is 9.27. The van der Waals surface area contributed by atoms with Gasteiger partial charge in [-0.1, -0.05) is 12.1 Å². The van der Waals surface area contributed by atoms with Crippen molar-refractivity contribution in [1.82, 2.24) is 19.7 Å². The molecule has 0 unspecified atom stereocenters. The van der Waals surface area contributed by atoms with Crippen LogP contribution in [0, 0.1) is 6.92 Å². The highest BCUT2D eigenvalue weighted by Gasteiger charge is 2.12. The quantitative estimate of drug-likeness (QED) is 0.758. The summed E-state index contributed by atoms with van der Waals surface area (Å²) in [7, 11) is 0. The van der Waals surface area contributed by atoms with Crippen LogP contribution in [0.15, 0.2) is 53.7 Å². The van der Waals surface area contributed by atoms with Gasteiger partial charge < -0.3 is 0 Å². The number of pyridine rings is 2. The molecular formula is C14H12N4O. The lowest BCUT2D eigenvalue weighted by molar-refractivity contribution is 0.819. The molecule has 5 heteroatoms. The predicted octanol–water partition coefficient (Wildman–Crippen LogP) is 1.93. The maximum atomic E-state index is 12.4. The number of aromatic nitrogens is 4. The summed E-state index contributed by atoms with van der Waals surface area (Å²) in [6.07, 6.45) is 5.04. The first kappa shape index (κ1) is 11.4. The number of nitrogens with one attached hydrogen (secondary N) is 1. The lowest BCUT2D eigenvalue weighted by Crippen LogP contribution is -2.16. The molecule has 0 aromatic carbocycles. The second-order valence-electron chi connectivity index (χ2n) is 4.15. The molecule has 0 aliphatic rings. The van der Waals surface area contributed by atoms with Crippen LogP contribution in [0.25, 0.3) is 16.9 Å². The Morgan fingerprint density at radius 2 is 1.89 bits per heavy atom. The minimum Gasteiger partial charge on any atom is -0.296 e. The van der Waals surface area contributed by atoms with Crippen LogP contribution in [0.1, 0.15) is 5.69 Å². The van der Waals surface area contributed by atoms with Crippen molar-refractivity contribution in [3.05, 3.63) is 65.0 Å². The Bertz CT molecular complexity index is 758. The van der Waals surface area contributed by atoms with Crippen LogP contribution in [-0.4, -0.2) is 19.7 Å². The topological polar surface area (TPSA) is 63.6 Å². The van der Waals surface area contributed by atoms with E-state index in [0.717, 1.165) is 11.3 Å². The summed E-state index contributed by atoms with van der Waals surface area (Å²) in [5.41, 5.74) is 2.12. The summed E-state index contributed by atoms with van der Waals surface area (Å²) >= 11 is 0. The summed E-state index contributed by atoms with van der Waals surface area (Å²) in [6.45, 7) is 1.88. The number of rotatable bonds is 2. The molecule has 0 aliphatic heterocycles. The van der Waals surface area contributed by atoms with Gasteiger partial charge in [-0.3, -0.25) is 14.9 Å². The molecule has 3 heterocycles. The molecule has 0 atom stereocenters. The second kappa shape index (κ2) is 4.53. The monoisotopic (exact) mass is 252 g/mol. The van der Waals surface area contributed by atoms with E-state index in [1.807, 2.05) is 31.2 Å². The van der Waals surface area contributed by atoms with Gasteiger partial charge in [-0.15, -0.1) is 0 Å². The van der Waals surface area contributed by atoms with Crippen molar-refractivity contribution in [1.29, 1.82) is 0 Å². The van der Waals surface area contributed by atoms with Crippen molar-refractivity contribution in [3.63, 3.8) is 0 Å². The Kier molecular flexibility index (Phi) is 2.72. The van der Waals surface area contributed by atoms with E-state index in [2.05, 4.69) is 15.1 Å². The molecule has 3 rings (SSSR count). The van der Waals surface area contributed by atoms with Gasteiger partial charge in [-0.05, 0) is 25.1 Å². The van der Waals surface area contributed by atoms with Crippen molar-refractivity contribution in [3.8, 4) is 16.9 Å². The third kappa shape index (κ3) is 1.95. The molecule has 0 amide bonds. The third-order valence-electron chi connectivity index (χ3n) is 2.95. The second-order valence-corrected chi connectivity index (χ2v) is 4.15. The summed E-state index contributed by atoms with van der Waals surface area (Å²) in [4.78, 5) is 20.7. The first-order valence-electron chi connectivity index (χ1n) is 5.91. The van der Waals surface area contributed by atoms with E-state index in [0.29, 0.717) is 11.4 Å². The molecule has 1 N–H and O–H groups in total. The van der Waals surface area contributed by atoms with Crippen molar-refractivity contribution in [2.75, 3.05) is 0 Å². The lowest BCUT2D eigenvalue weighted by Gasteiger charge is -2.00. The Morgan fingerprint density at radius 1 is 1.05 bits per heavy atom. The molecule has 0 saturated heterocycles. The highest BCUT2D eigenvalue weighted by Crippen LogP contribution is 2.17. The zero-order chi connectivity index (χ0) is 13.2. The number of aromatic amines is 1. The number of H-pyrrole nitrogens is 1. The van der Waals surface area contributed by atoms with Crippen LogP contribution < -0.4 is 5.56 Å². The number of aryl methyl sites for hydroxylation is 1. The van der Waals surface area contributed by atoms with Gasteiger partial charge in [-0.25, -0.2) is 9.67 Å². The lowest BCUT2D eigenvalue weighted by atomic mass is 10.1. The normalized spacial score (nSPS) is 10.6. The molecule has 0 fully saturated rings. The van der Waals surface area contributed by atoms with E-state index >= 15 is 0 Å². The fourth-order valence-corrected chi connectivity index (χ4v) is 1.99. The fraction of sp³-hybridized carbons (Fsp3) is 0.0714. The smallest absolute Gasteiger partial charge is 0.280 e. The van der Waals surface area contributed by atoms with E-state index in [9.17, 15) is 4.79 Å². The highest BCUT2D eigenvalue weighted by atomic mass is 16.1.